The van der Waals surface area contributed by atoms with E-state index in [-0.39, 0.29) is 19.2 Å². The van der Waals surface area contributed by atoms with Crippen LogP contribution in [-0.2, 0) is 14.3 Å². The monoisotopic (exact) mass is 422 g/mol. The highest BCUT2D eigenvalue weighted by Crippen LogP contribution is 2.29. The summed E-state index contributed by atoms with van der Waals surface area (Å²) >= 11 is 0. The van der Waals surface area contributed by atoms with Crippen LogP contribution in [0.5, 0.6) is 11.5 Å². The van der Waals surface area contributed by atoms with Gasteiger partial charge in [0, 0.05) is 11.8 Å². The van der Waals surface area contributed by atoms with Crippen molar-refractivity contribution in [3.63, 3.8) is 0 Å². The number of methoxy groups -OCH3 is 1. The van der Waals surface area contributed by atoms with Crippen molar-refractivity contribution in [3.8, 4) is 11.5 Å². The minimum Gasteiger partial charge on any atom is -0.489 e. The average molecular weight is 422 g/mol. The Morgan fingerprint density at radius 1 is 0.806 bits per heavy atom. The quantitative estimate of drug-likeness (QED) is 0.306. The van der Waals surface area contributed by atoms with E-state index in [1.54, 1.807) is 25.1 Å². The fraction of sp³-hybridized carbons (Fsp3) is 0.208. The summed E-state index contributed by atoms with van der Waals surface area (Å²) in [6.07, 6.45) is 0.311. The molecule has 0 amide bonds. The van der Waals surface area contributed by atoms with E-state index in [4.69, 9.17) is 14.2 Å². The van der Waals surface area contributed by atoms with Gasteiger partial charge in [0.15, 0.2) is 0 Å². The van der Waals surface area contributed by atoms with Gasteiger partial charge >= 0.3 is 17.9 Å². The number of esters is 3. The highest BCUT2D eigenvalue weighted by Gasteiger charge is 2.16. The molecule has 7 heteroatoms. The van der Waals surface area contributed by atoms with Crippen LogP contribution in [0.2, 0.25) is 0 Å². The number of benzene rings is 3. The van der Waals surface area contributed by atoms with Gasteiger partial charge < -0.3 is 18.9 Å². The molecule has 0 unspecified atom stereocenters. The number of ether oxygens (including phenoxy) is 4. The smallest absolute Gasteiger partial charge is 0.344 e. The van der Waals surface area contributed by atoms with Gasteiger partial charge in [0.25, 0.3) is 0 Å². The SMILES string of the molecule is CCC(=O)OCCOc1ccc(C(=O)Oc2ccc(C(=O)OC)cc2)c2ccccc12. The van der Waals surface area contributed by atoms with Crippen LogP contribution in [0.4, 0.5) is 0 Å². The lowest BCUT2D eigenvalue weighted by atomic mass is 10.0. The number of fused-ring (bicyclic) bond motifs is 1. The van der Waals surface area contributed by atoms with E-state index in [1.165, 1.54) is 31.4 Å². The van der Waals surface area contributed by atoms with Crippen molar-refractivity contribution < 1.29 is 33.3 Å². The second-order valence-electron chi connectivity index (χ2n) is 6.48. The predicted octanol–water partition coefficient (Wildman–Crippen LogP) is 4.18. The molecule has 0 radical (unpaired) electrons. The lowest BCUT2D eigenvalue weighted by molar-refractivity contribution is -0.143. The maximum atomic E-state index is 12.8. The van der Waals surface area contributed by atoms with Gasteiger partial charge in [0.05, 0.1) is 18.2 Å². The van der Waals surface area contributed by atoms with Crippen LogP contribution < -0.4 is 9.47 Å². The first kappa shape index (κ1) is 21.8. The molecule has 0 aliphatic carbocycles. The molecule has 3 rings (SSSR count). The Labute approximate surface area is 179 Å². The summed E-state index contributed by atoms with van der Waals surface area (Å²) in [7, 11) is 1.30. The summed E-state index contributed by atoms with van der Waals surface area (Å²) in [5.41, 5.74) is 0.733. The molecule has 0 spiro atoms. The Morgan fingerprint density at radius 2 is 1.52 bits per heavy atom. The number of carbonyl (C=O) groups is 3. The first-order valence-corrected chi connectivity index (χ1v) is 9.74. The van der Waals surface area contributed by atoms with Gasteiger partial charge in [-0.3, -0.25) is 4.79 Å². The zero-order chi connectivity index (χ0) is 22.2. The number of rotatable bonds is 8. The molecule has 3 aromatic carbocycles. The molecule has 0 bridgehead atoms. The topological polar surface area (TPSA) is 88.1 Å². The Balaban J connectivity index is 1.75. The van der Waals surface area contributed by atoms with Crippen molar-refractivity contribution in [3.05, 3.63) is 71.8 Å². The third-order valence-corrected chi connectivity index (χ3v) is 4.48. The first-order chi connectivity index (χ1) is 15.0. The Bertz CT molecular complexity index is 1090. The van der Waals surface area contributed by atoms with Crippen LogP contribution in [0.15, 0.2) is 60.7 Å². The molecule has 3 aromatic rings. The van der Waals surface area contributed by atoms with Crippen LogP contribution in [0.1, 0.15) is 34.1 Å². The highest BCUT2D eigenvalue weighted by atomic mass is 16.6. The molecular weight excluding hydrogens is 400 g/mol. The Kier molecular flexibility index (Phi) is 7.22. The first-order valence-electron chi connectivity index (χ1n) is 9.74. The molecule has 0 N–H and O–H groups in total. The number of hydrogen-bond acceptors (Lipinski definition) is 7. The fourth-order valence-corrected chi connectivity index (χ4v) is 2.92. The molecule has 160 valence electrons. The summed E-state index contributed by atoms with van der Waals surface area (Å²) in [6.45, 7) is 2.07. The van der Waals surface area contributed by atoms with Crippen LogP contribution in [0.3, 0.4) is 0 Å². The molecule has 0 aliphatic heterocycles. The van der Waals surface area contributed by atoms with E-state index in [9.17, 15) is 14.4 Å². The van der Waals surface area contributed by atoms with Crippen molar-refractivity contribution in [2.45, 2.75) is 13.3 Å². The second kappa shape index (κ2) is 10.2. The summed E-state index contributed by atoms with van der Waals surface area (Å²) in [4.78, 5) is 35.5. The van der Waals surface area contributed by atoms with E-state index < -0.39 is 11.9 Å². The maximum Gasteiger partial charge on any atom is 0.344 e. The molecule has 0 saturated heterocycles. The standard InChI is InChI=1S/C24H22O7/c1-3-22(25)30-15-14-29-21-13-12-20(18-6-4-5-7-19(18)21)24(27)31-17-10-8-16(9-11-17)23(26)28-2/h4-13H,3,14-15H2,1-2H3. The minimum absolute atomic E-state index is 0.145. The van der Waals surface area contributed by atoms with Crippen molar-refractivity contribution >= 4 is 28.7 Å². The molecule has 31 heavy (non-hydrogen) atoms. The van der Waals surface area contributed by atoms with Crippen LogP contribution in [0, 0.1) is 0 Å². The van der Waals surface area contributed by atoms with E-state index in [0.29, 0.717) is 34.4 Å². The molecule has 0 heterocycles. The van der Waals surface area contributed by atoms with Crippen molar-refractivity contribution in [1.82, 2.24) is 0 Å². The maximum absolute atomic E-state index is 12.8. The Hall–Kier alpha value is -3.87. The van der Waals surface area contributed by atoms with Gasteiger partial charge in [-0.1, -0.05) is 31.2 Å². The molecule has 0 aromatic heterocycles. The third-order valence-electron chi connectivity index (χ3n) is 4.48. The van der Waals surface area contributed by atoms with Gasteiger partial charge in [0.1, 0.15) is 24.7 Å². The minimum atomic E-state index is -0.537. The highest BCUT2D eigenvalue weighted by molar-refractivity contribution is 6.07. The molecule has 0 atom stereocenters. The predicted molar refractivity (Wildman–Crippen MR) is 113 cm³/mol. The van der Waals surface area contributed by atoms with Crippen LogP contribution in [-0.4, -0.2) is 38.2 Å². The van der Waals surface area contributed by atoms with Gasteiger partial charge in [-0.05, 0) is 41.8 Å². The lowest BCUT2D eigenvalue weighted by Crippen LogP contribution is -2.12. The van der Waals surface area contributed by atoms with E-state index >= 15 is 0 Å². The fourth-order valence-electron chi connectivity index (χ4n) is 2.92. The molecule has 0 saturated carbocycles. The zero-order valence-electron chi connectivity index (χ0n) is 17.3. The second-order valence-corrected chi connectivity index (χ2v) is 6.48. The number of hydrogen-bond donors (Lipinski definition) is 0. The molecular formula is C24H22O7. The van der Waals surface area contributed by atoms with Gasteiger partial charge in [-0.15, -0.1) is 0 Å². The summed E-state index contributed by atoms with van der Waals surface area (Å²) < 4.78 is 20.9. The van der Waals surface area contributed by atoms with Crippen molar-refractivity contribution in [2.75, 3.05) is 20.3 Å². The van der Waals surface area contributed by atoms with Gasteiger partial charge in [0.2, 0.25) is 0 Å². The normalized spacial score (nSPS) is 10.4. The third kappa shape index (κ3) is 5.39. The largest absolute Gasteiger partial charge is 0.489 e. The molecule has 0 aliphatic rings. The van der Waals surface area contributed by atoms with E-state index in [1.807, 2.05) is 18.2 Å². The average Bonchev–Trinajstić information content (AvgIpc) is 2.81. The van der Waals surface area contributed by atoms with Gasteiger partial charge in [-0.25, -0.2) is 9.59 Å². The van der Waals surface area contributed by atoms with Gasteiger partial charge in [-0.2, -0.15) is 0 Å². The van der Waals surface area contributed by atoms with Crippen molar-refractivity contribution in [2.24, 2.45) is 0 Å². The van der Waals surface area contributed by atoms with Crippen molar-refractivity contribution in [1.29, 1.82) is 0 Å². The summed E-state index contributed by atoms with van der Waals surface area (Å²) in [6, 6.07) is 16.7. The van der Waals surface area contributed by atoms with Crippen LogP contribution >= 0.6 is 0 Å². The Morgan fingerprint density at radius 3 is 2.19 bits per heavy atom. The van der Waals surface area contributed by atoms with E-state index in [0.717, 1.165) is 5.39 Å². The molecule has 7 nitrogen and oxygen atoms in total. The van der Waals surface area contributed by atoms with E-state index in [2.05, 4.69) is 4.74 Å². The summed E-state index contributed by atoms with van der Waals surface area (Å²) in [5.74, 6) is -0.414. The molecule has 0 fully saturated rings. The zero-order valence-corrected chi connectivity index (χ0v) is 17.3. The summed E-state index contributed by atoms with van der Waals surface area (Å²) in [5, 5.41) is 1.40. The number of carbonyl (C=O) groups excluding carboxylic acids is 3. The lowest BCUT2D eigenvalue weighted by Gasteiger charge is -2.12. The van der Waals surface area contributed by atoms with Crippen LogP contribution in [0.25, 0.3) is 10.8 Å².